The second-order valence-corrected chi connectivity index (χ2v) is 8.43. The molecule has 2 N–H and O–H groups in total. The van der Waals surface area contributed by atoms with E-state index in [1.807, 2.05) is 0 Å². The van der Waals surface area contributed by atoms with Crippen LogP contribution >= 0.6 is 0 Å². The minimum absolute atomic E-state index is 0.344. The van der Waals surface area contributed by atoms with E-state index in [4.69, 9.17) is 14.9 Å². The topological polar surface area (TPSA) is 87.1 Å². The first-order valence-corrected chi connectivity index (χ1v) is 11.2. The Kier molecular flexibility index (Phi) is 11.9. The van der Waals surface area contributed by atoms with Gasteiger partial charge in [0, 0.05) is 35.7 Å². The molecule has 33 heavy (non-hydrogen) atoms. The van der Waals surface area contributed by atoms with Gasteiger partial charge in [0.25, 0.3) is 0 Å². The lowest BCUT2D eigenvalue weighted by Crippen LogP contribution is -2.38. The Bertz CT molecular complexity index is 882. The van der Waals surface area contributed by atoms with Crippen molar-refractivity contribution in [1.29, 1.82) is 0 Å². The van der Waals surface area contributed by atoms with Crippen molar-refractivity contribution in [2.75, 3.05) is 13.7 Å². The van der Waals surface area contributed by atoms with Gasteiger partial charge in [-0.25, -0.2) is 9.59 Å². The number of rotatable bonds is 10. The van der Waals surface area contributed by atoms with Crippen molar-refractivity contribution >= 4 is 11.9 Å². The number of aryl methyl sites for hydroxylation is 1. The van der Waals surface area contributed by atoms with Crippen LogP contribution in [-0.4, -0.2) is 52.8 Å². The molecule has 0 aromatic heterocycles. The van der Waals surface area contributed by atoms with Gasteiger partial charge in [0.15, 0.2) is 0 Å². The Morgan fingerprint density at radius 3 is 1.94 bits per heavy atom. The highest BCUT2D eigenvalue weighted by Gasteiger charge is 2.21. The highest BCUT2D eigenvalue weighted by molar-refractivity contribution is 5.89. The average molecular weight is 456 g/mol. The zero-order valence-corrected chi connectivity index (χ0v) is 20.5. The van der Waals surface area contributed by atoms with Crippen LogP contribution in [-0.2, 0) is 9.59 Å². The Labute approximate surface area is 197 Å². The van der Waals surface area contributed by atoms with Crippen LogP contribution < -0.4 is 4.74 Å². The van der Waals surface area contributed by atoms with E-state index >= 15 is 0 Å². The predicted molar refractivity (Wildman–Crippen MR) is 132 cm³/mol. The van der Waals surface area contributed by atoms with Gasteiger partial charge in [0.2, 0.25) is 0 Å². The molecular formula is C27H37NO5. The fourth-order valence-corrected chi connectivity index (χ4v) is 3.85. The van der Waals surface area contributed by atoms with Crippen LogP contribution in [0, 0.1) is 6.92 Å². The molecule has 0 amide bonds. The van der Waals surface area contributed by atoms with Crippen molar-refractivity contribution in [1.82, 2.24) is 4.90 Å². The van der Waals surface area contributed by atoms with Crippen LogP contribution in [0.15, 0.2) is 60.7 Å². The Morgan fingerprint density at radius 2 is 1.48 bits per heavy atom. The number of carboxylic acids is 2. The minimum atomic E-state index is -1.26. The van der Waals surface area contributed by atoms with E-state index in [1.54, 1.807) is 7.11 Å². The van der Waals surface area contributed by atoms with Gasteiger partial charge in [0.05, 0.1) is 7.11 Å². The third kappa shape index (κ3) is 9.91. The highest BCUT2D eigenvalue weighted by Crippen LogP contribution is 2.35. The number of methoxy groups -OCH3 is 1. The molecule has 6 nitrogen and oxygen atoms in total. The molecule has 0 saturated carbocycles. The van der Waals surface area contributed by atoms with Gasteiger partial charge in [-0.1, -0.05) is 48.0 Å². The van der Waals surface area contributed by atoms with Crippen LogP contribution in [0.2, 0.25) is 0 Å². The van der Waals surface area contributed by atoms with Crippen molar-refractivity contribution in [2.45, 2.75) is 59.0 Å². The number of ether oxygens (including phenoxy) is 1. The Hall–Kier alpha value is -3.12. The molecular weight excluding hydrogens is 418 g/mol. The van der Waals surface area contributed by atoms with Gasteiger partial charge in [-0.2, -0.15) is 0 Å². The first-order chi connectivity index (χ1) is 15.6. The largest absolute Gasteiger partial charge is 0.496 e. The van der Waals surface area contributed by atoms with Crippen LogP contribution in [0.5, 0.6) is 5.75 Å². The van der Waals surface area contributed by atoms with Gasteiger partial charge in [-0.15, -0.1) is 0 Å². The number of hydrogen-bond donors (Lipinski definition) is 2. The highest BCUT2D eigenvalue weighted by atomic mass is 16.5. The second kappa shape index (κ2) is 14.1. The molecule has 2 rings (SSSR count). The zero-order chi connectivity index (χ0) is 25.0. The standard InChI is InChI=1S/C23H33NO.C4H4O4/c1-17(2)24(18(3)4)15-14-21(20-10-8-7-9-11-20)22-16-19(5)12-13-23(22)25-6;5-3(6)1-2-4(7)8/h7-13,16-18,21H,14-15H2,1-6H3;1-2H,(H,5,6)(H,7,8)/b;2-1+/t21-;/m1./s1. The number of hydrogen-bond acceptors (Lipinski definition) is 4. The summed E-state index contributed by atoms with van der Waals surface area (Å²) in [6, 6.07) is 18.4. The predicted octanol–water partition coefficient (Wildman–Crippen LogP) is 5.36. The minimum Gasteiger partial charge on any atom is -0.496 e. The van der Waals surface area contributed by atoms with Gasteiger partial charge in [-0.3, -0.25) is 4.90 Å². The van der Waals surface area contributed by atoms with E-state index < -0.39 is 11.9 Å². The Balaban J connectivity index is 0.000000582. The van der Waals surface area contributed by atoms with Crippen LogP contribution in [0.25, 0.3) is 0 Å². The SMILES string of the molecule is COc1ccc(C)cc1[C@H](CCN(C(C)C)C(C)C)c1ccccc1.O=C(O)/C=C/C(=O)O. The van der Waals surface area contributed by atoms with E-state index in [9.17, 15) is 9.59 Å². The lowest BCUT2D eigenvalue weighted by molar-refractivity contribution is -0.134. The number of nitrogens with zero attached hydrogens (tertiary/aromatic N) is 1. The van der Waals surface area contributed by atoms with E-state index in [2.05, 4.69) is 88.0 Å². The lowest BCUT2D eigenvalue weighted by Gasteiger charge is -2.32. The molecule has 0 saturated heterocycles. The summed E-state index contributed by atoms with van der Waals surface area (Å²) in [7, 11) is 1.77. The van der Waals surface area contributed by atoms with Crippen molar-refractivity contribution in [3.05, 3.63) is 77.4 Å². The molecule has 0 unspecified atom stereocenters. The van der Waals surface area contributed by atoms with E-state index in [1.165, 1.54) is 16.7 Å². The number of carboxylic acid groups (broad SMARTS) is 2. The third-order valence-electron chi connectivity index (χ3n) is 5.33. The van der Waals surface area contributed by atoms with E-state index in [0.717, 1.165) is 18.7 Å². The summed E-state index contributed by atoms with van der Waals surface area (Å²) >= 11 is 0. The maximum Gasteiger partial charge on any atom is 0.328 e. The molecule has 180 valence electrons. The average Bonchev–Trinajstić information content (AvgIpc) is 2.76. The first kappa shape index (κ1) is 27.9. The number of aliphatic carboxylic acids is 2. The summed E-state index contributed by atoms with van der Waals surface area (Å²) in [4.78, 5) is 21.7. The maximum absolute atomic E-state index is 9.55. The molecule has 2 aromatic rings. The fourth-order valence-electron chi connectivity index (χ4n) is 3.85. The van der Waals surface area contributed by atoms with Gasteiger partial charge < -0.3 is 14.9 Å². The van der Waals surface area contributed by atoms with Crippen molar-refractivity contribution in [3.8, 4) is 5.75 Å². The molecule has 0 bridgehead atoms. The lowest BCUT2D eigenvalue weighted by atomic mass is 9.86. The summed E-state index contributed by atoms with van der Waals surface area (Å²) in [5.41, 5.74) is 3.93. The first-order valence-electron chi connectivity index (χ1n) is 11.2. The van der Waals surface area contributed by atoms with Crippen molar-refractivity contribution in [3.63, 3.8) is 0 Å². The molecule has 0 aliphatic carbocycles. The van der Waals surface area contributed by atoms with Crippen LogP contribution in [0.1, 0.15) is 56.7 Å². The molecule has 0 fully saturated rings. The number of carbonyl (C=O) groups is 2. The molecule has 2 aromatic carbocycles. The summed E-state index contributed by atoms with van der Waals surface area (Å²) in [5.74, 6) is -1.18. The van der Waals surface area contributed by atoms with Crippen LogP contribution in [0.3, 0.4) is 0 Å². The quantitative estimate of drug-likeness (QED) is 0.469. The Morgan fingerprint density at radius 1 is 0.939 bits per heavy atom. The smallest absolute Gasteiger partial charge is 0.328 e. The fraction of sp³-hybridized carbons (Fsp3) is 0.407. The molecule has 0 spiro atoms. The van der Waals surface area contributed by atoms with Gasteiger partial charge >= 0.3 is 11.9 Å². The second-order valence-electron chi connectivity index (χ2n) is 8.43. The summed E-state index contributed by atoms with van der Waals surface area (Å²) < 4.78 is 5.69. The number of benzene rings is 2. The normalized spacial score (nSPS) is 12.0. The van der Waals surface area contributed by atoms with Crippen molar-refractivity contribution in [2.24, 2.45) is 0 Å². The zero-order valence-electron chi connectivity index (χ0n) is 20.5. The van der Waals surface area contributed by atoms with E-state index in [-0.39, 0.29) is 0 Å². The summed E-state index contributed by atoms with van der Waals surface area (Å²) in [6.45, 7) is 12.4. The molecule has 0 aliphatic heterocycles. The van der Waals surface area contributed by atoms with Gasteiger partial charge in [0.1, 0.15) is 5.75 Å². The summed E-state index contributed by atoms with van der Waals surface area (Å²) in [6.07, 6.45) is 2.20. The molecule has 0 radical (unpaired) electrons. The molecule has 1 atom stereocenters. The third-order valence-corrected chi connectivity index (χ3v) is 5.33. The molecule has 0 aliphatic rings. The monoisotopic (exact) mass is 455 g/mol. The van der Waals surface area contributed by atoms with Gasteiger partial charge in [-0.05, 0) is 59.2 Å². The maximum atomic E-state index is 9.55. The summed E-state index contributed by atoms with van der Waals surface area (Å²) in [5, 5.41) is 15.6. The molecule has 6 heteroatoms. The molecule has 0 heterocycles. The van der Waals surface area contributed by atoms with Crippen LogP contribution in [0.4, 0.5) is 0 Å². The van der Waals surface area contributed by atoms with Crippen molar-refractivity contribution < 1.29 is 24.5 Å². The van der Waals surface area contributed by atoms with E-state index in [0.29, 0.717) is 30.2 Å².